The number of rotatable bonds is 3. The summed E-state index contributed by atoms with van der Waals surface area (Å²) in [6, 6.07) is 6.68. The molecule has 2 amide bonds. The molecule has 0 aromatic heterocycles. The summed E-state index contributed by atoms with van der Waals surface area (Å²) in [5.41, 5.74) is 0.351. The standard InChI is InChI=1S/C12H12ClN3O2S/c13-9-4-2-1-3-8(9)11(18)15-7-10(17)16-12-14-5-6-19-12/h1-4H,5-7H2,(H,15,18)(H,14,16,17). The molecule has 1 heterocycles. The maximum atomic E-state index is 11.8. The van der Waals surface area contributed by atoms with Crippen molar-refractivity contribution in [3.8, 4) is 0 Å². The van der Waals surface area contributed by atoms with Crippen molar-refractivity contribution in [2.24, 2.45) is 4.99 Å². The van der Waals surface area contributed by atoms with E-state index in [1.165, 1.54) is 11.8 Å². The van der Waals surface area contributed by atoms with Gasteiger partial charge in [0.25, 0.3) is 5.91 Å². The fourth-order valence-electron chi connectivity index (χ4n) is 1.48. The molecule has 0 spiro atoms. The zero-order valence-electron chi connectivity index (χ0n) is 9.98. The maximum absolute atomic E-state index is 11.8. The third-order valence-corrected chi connectivity index (χ3v) is 3.58. The van der Waals surface area contributed by atoms with Crippen LogP contribution in [0.2, 0.25) is 5.02 Å². The van der Waals surface area contributed by atoms with Crippen LogP contribution >= 0.6 is 23.4 Å². The number of nitrogens with one attached hydrogen (secondary N) is 2. The van der Waals surface area contributed by atoms with Crippen LogP contribution in [-0.4, -0.2) is 35.8 Å². The first kappa shape index (κ1) is 13.9. The van der Waals surface area contributed by atoms with Crippen LogP contribution in [0.4, 0.5) is 0 Å². The molecule has 2 rings (SSSR count). The monoisotopic (exact) mass is 297 g/mol. The number of aliphatic imine (C=N–C) groups is 1. The molecule has 0 saturated carbocycles. The van der Waals surface area contributed by atoms with Gasteiger partial charge in [-0.25, -0.2) is 0 Å². The van der Waals surface area contributed by atoms with E-state index in [0.717, 1.165) is 5.75 Å². The first-order valence-electron chi connectivity index (χ1n) is 5.66. The number of hydrogen-bond donors (Lipinski definition) is 2. The van der Waals surface area contributed by atoms with E-state index in [9.17, 15) is 9.59 Å². The third kappa shape index (κ3) is 3.97. The van der Waals surface area contributed by atoms with E-state index in [0.29, 0.717) is 22.3 Å². The van der Waals surface area contributed by atoms with Crippen LogP contribution in [0.15, 0.2) is 29.3 Å². The fourth-order valence-corrected chi connectivity index (χ4v) is 2.44. The second-order valence-electron chi connectivity index (χ2n) is 3.75. The Morgan fingerprint density at radius 3 is 2.84 bits per heavy atom. The predicted molar refractivity (Wildman–Crippen MR) is 76.7 cm³/mol. The Bertz CT molecular complexity index is 533. The van der Waals surface area contributed by atoms with Crippen molar-refractivity contribution >= 4 is 40.3 Å². The van der Waals surface area contributed by atoms with Gasteiger partial charge in [0.15, 0.2) is 5.17 Å². The molecule has 0 saturated heterocycles. The van der Waals surface area contributed by atoms with Gasteiger partial charge in [-0.3, -0.25) is 14.6 Å². The highest BCUT2D eigenvalue weighted by molar-refractivity contribution is 8.14. The highest BCUT2D eigenvalue weighted by Crippen LogP contribution is 2.14. The van der Waals surface area contributed by atoms with Crippen LogP contribution in [0, 0.1) is 0 Å². The van der Waals surface area contributed by atoms with Crippen molar-refractivity contribution in [1.82, 2.24) is 10.6 Å². The molecular weight excluding hydrogens is 286 g/mol. The van der Waals surface area contributed by atoms with Gasteiger partial charge in [-0.1, -0.05) is 35.5 Å². The molecule has 1 aromatic rings. The largest absolute Gasteiger partial charge is 0.343 e. The second kappa shape index (κ2) is 6.58. The normalized spacial score (nSPS) is 13.8. The van der Waals surface area contributed by atoms with Crippen LogP contribution < -0.4 is 10.6 Å². The summed E-state index contributed by atoms with van der Waals surface area (Å²) in [4.78, 5) is 27.5. The van der Waals surface area contributed by atoms with Crippen LogP contribution in [-0.2, 0) is 4.79 Å². The Labute approximate surface area is 119 Å². The van der Waals surface area contributed by atoms with Crippen LogP contribution in [0.1, 0.15) is 10.4 Å². The van der Waals surface area contributed by atoms with Crippen molar-refractivity contribution in [1.29, 1.82) is 0 Å². The first-order valence-corrected chi connectivity index (χ1v) is 7.03. The summed E-state index contributed by atoms with van der Waals surface area (Å²) in [6.45, 7) is 0.607. The minimum Gasteiger partial charge on any atom is -0.343 e. The minimum atomic E-state index is -0.373. The number of nitrogens with zero attached hydrogens (tertiary/aromatic N) is 1. The van der Waals surface area contributed by atoms with Crippen molar-refractivity contribution in [2.45, 2.75) is 0 Å². The summed E-state index contributed by atoms with van der Waals surface area (Å²) in [5, 5.41) is 6.11. The molecule has 0 aliphatic carbocycles. The fraction of sp³-hybridized carbons (Fsp3) is 0.250. The Morgan fingerprint density at radius 2 is 2.16 bits per heavy atom. The van der Waals surface area contributed by atoms with Crippen molar-refractivity contribution in [3.63, 3.8) is 0 Å². The van der Waals surface area contributed by atoms with Gasteiger partial charge in [0.1, 0.15) is 0 Å². The molecule has 0 radical (unpaired) electrons. The smallest absolute Gasteiger partial charge is 0.253 e. The summed E-state index contributed by atoms with van der Waals surface area (Å²) in [6.07, 6.45) is 0. The van der Waals surface area contributed by atoms with E-state index < -0.39 is 0 Å². The number of benzene rings is 1. The minimum absolute atomic E-state index is 0.108. The molecule has 100 valence electrons. The zero-order chi connectivity index (χ0) is 13.7. The van der Waals surface area contributed by atoms with E-state index >= 15 is 0 Å². The lowest BCUT2D eigenvalue weighted by atomic mass is 10.2. The summed E-state index contributed by atoms with van der Waals surface area (Å²) >= 11 is 7.38. The van der Waals surface area contributed by atoms with E-state index in [1.54, 1.807) is 24.3 Å². The predicted octanol–water partition coefficient (Wildman–Crippen LogP) is 1.29. The molecule has 0 fully saturated rings. The molecule has 1 aliphatic heterocycles. The van der Waals surface area contributed by atoms with Gasteiger partial charge in [-0.15, -0.1) is 0 Å². The van der Waals surface area contributed by atoms with Crippen LogP contribution in [0.25, 0.3) is 0 Å². The van der Waals surface area contributed by atoms with Crippen molar-refractivity contribution in [3.05, 3.63) is 34.9 Å². The number of thioether (sulfide) groups is 1. The van der Waals surface area contributed by atoms with Crippen LogP contribution in [0.5, 0.6) is 0 Å². The molecule has 1 aromatic carbocycles. The Kier molecular flexibility index (Phi) is 4.81. The molecule has 2 N–H and O–H groups in total. The molecule has 5 nitrogen and oxygen atoms in total. The molecule has 1 aliphatic rings. The number of halogens is 1. The SMILES string of the molecule is O=C(CNC(=O)c1ccccc1Cl)NC1=NCCS1. The van der Waals surface area contributed by atoms with E-state index in [4.69, 9.17) is 11.6 Å². The summed E-state index contributed by atoms with van der Waals surface area (Å²) in [5.74, 6) is 0.206. The number of amides is 2. The van der Waals surface area contributed by atoms with Crippen molar-refractivity contribution in [2.75, 3.05) is 18.8 Å². The Hall–Kier alpha value is -1.53. The lowest BCUT2D eigenvalue weighted by molar-refractivity contribution is -0.118. The lowest BCUT2D eigenvalue weighted by Crippen LogP contribution is -2.38. The number of amidine groups is 1. The maximum Gasteiger partial charge on any atom is 0.253 e. The van der Waals surface area contributed by atoms with E-state index in [2.05, 4.69) is 15.6 Å². The van der Waals surface area contributed by atoms with Gasteiger partial charge in [-0.2, -0.15) is 0 Å². The van der Waals surface area contributed by atoms with Crippen molar-refractivity contribution < 1.29 is 9.59 Å². The molecule has 0 atom stereocenters. The molecule has 19 heavy (non-hydrogen) atoms. The average Bonchev–Trinajstić information content (AvgIpc) is 2.89. The van der Waals surface area contributed by atoms with Gasteiger partial charge in [0.2, 0.25) is 5.91 Å². The Balaban J connectivity index is 1.83. The first-order chi connectivity index (χ1) is 9.16. The van der Waals surface area contributed by atoms with Gasteiger partial charge in [0, 0.05) is 5.75 Å². The zero-order valence-corrected chi connectivity index (χ0v) is 11.6. The molecule has 7 heteroatoms. The second-order valence-corrected chi connectivity index (χ2v) is 5.24. The number of carbonyl (C=O) groups is 2. The highest BCUT2D eigenvalue weighted by Gasteiger charge is 2.13. The van der Waals surface area contributed by atoms with E-state index in [-0.39, 0.29) is 18.4 Å². The summed E-state index contributed by atoms with van der Waals surface area (Å²) in [7, 11) is 0. The van der Waals surface area contributed by atoms with Gasteiger partial charge in [-0.05, 0) is 12.1 Å². The van der Waals surface area contributed by atoms with Gasteiger partial charge >= 0.3 is 0 Å². The Morgan fingerprint density at radius 1 is 1.37 bits per heavy atom. The highest BCUT2D eigenvalue weighted by atomic mass is 35.5. The molecule has 0 unspecified atom stereocenters. The number of hydrogen-bond acceptors (Lipinski definition) is 4. The van der Waals surface area contributed by atoms with E-state index in [1.807, 2.05) is 0 Å². The quantitative estimate of drug-likeness (QED) is 0.883. The average molecular weight is 298 g/mol. The molecule has 0 bridgehead atoms. The topological polar surface area (TPSA) is 70.6 Å². The van der Waals surface area contributed by atoms with Gasteiger partial charge < -0.3 is 10.6 Å². The summed E-state index contributed by atoms with van der Waals surface area (Å²) < 4.78 is 0. The van der Waals surface area contributed by atoms with Crippen LogP contribution in [0.3, 0.4) is 0 Å². The number of carbonyl (C=O) groups excluding carboxylic acids is 2. The lowest BCUT2D eigenvalue weighted by Gasteiger charge is -2.07. The molecular formula is C12H12ClN3O2S. The van der Waals surface area contributed by atoms with Gasteiger partial charge in [0.05, 0.1) is 23.7 Å². The third-order valence-electron chi connectivity index (χ3n) is 2.36.